The number of nitrogens with one attached hydrogen (secondary N) is 4. The second-order valence-electron chi connectivity index (χ2n) is 8.92. The van der Waals surface area contributed by atoms with Gasteiger partial charge in [0.25, 0.3) is 5.91 Å². The van der Waals surface area contributed by atoms with Gasteiger partial charge in [-0.3, -0.25) is 9.59 Å². The monoisotopic (exact) mass is 466 g/mol. The summed E-state index contributed by atoms with van der Waals surface area (Å²) < 4.78 is 16.7. The lowest BCUT2D eigenvalue weighted by molar-refractivity contribution is -0.119. The Bertz CT molecular complexity index is 1220. The van der Waals surface area contributed by atoms with E-state index in [-0.39, 0.29) is 41.2 Å². The molecule has 5 rings (SSSR count). The molecule has 0 bridgehead atoms. The van der Waals surface area contributed by atoms with Gasteiger partial charge in [-0.25, -0.2) is 18.9 Å². The number of aromatic nitrogens is 4. The summed E-state index contributed by atoms with van der Waals surface area (Å²) in [4.78, 5) is 32.9. The molecular formula is C23H27FN8O2. The van der Waals surface area contributed by atoms with Crippen molar-refractivity contribution in [3.8, 4) is 0 Å². The molecule has 2 saturated carbocycles. The maximum absolute atomic E-state index is 15.3. The zero-order valence-electron chi connectivity index (χ0n) is 18.8. The van der Waals surface area contributed by atoms with Crippen LogP contribution in [0.15, 0.2) is 30.6 Å². The van der Waals surface area contributed by atoms with E-state index in [9.17, 15) is 9.59 Å². The van der Waals surface area contributed by atoms with Gasteiger partial charge >= 0.3 is 0 Å². The zero-order chi connectivity index (χ0) is 23.7. The highest BCUT2D eigenvalue weighted by molar-refractivity contribution is 6.03. The normalized spacial score (nSPS) is 20.1. The number of pyridine rings is 1. The highest BCUT2D eigenvalue weighted by Crippen LogP contribution is 2.31. The van der Waals surface area contributed by atoms with Gasteiger partial charge in [-0.05, 0) is 50.7 Å². The smallest absolute Gasteiger partial charge is 0.276 e. The van der Waals surface area contributed by atoms with Crippen LogP contribution in [0.2, 0.25) is 0 Å². The Balaban J connectivity index is 1.35. The fourth-order valence-corrected chi connectivity index (χ4v) is 4.26. The summed E-state index contributed by atoms with van der Waals surface area (Å²) in [7, 11) is 0. The molecule has 0 saturated heterocycles. The van der Waals surface area contributed by atoms with Crippen LogP contribution in [-0.2, 0) is 4.79 Å². The lowest BCUT2D eigenvalue weighted by atomic mass is 9.91. The molecule has 3 aromatic heterocycles. The minimum atomic E-state index is -0.609. The number of halogens is 1. The SMILES string of the molecule is CC(=O)NC1CCC(Nc2cc(NC(=O)c3cnc4cccnn34)c(F)c(NC3CC3)n2)CC1. The topological polar surface area (TPSA) is 125 Å². The van der Waals surface area contributed by atoms with Crippen LogP contribution in [0.4, 0.5) is 21.7 Å². The van der Waals surface area contributed by atoms with E-state index in [4.69, 9.17) is 0 Å². The number of imidazole rings is 1. The Morgan fingerprint density at radius 2 is 1.76 bits per heavy atom. The molecule has 2 amide bonds. The van der Waals surface area contributed by atoms with Crippen LogP contribution in [0.5, 0.6) is 0 Å². The van der Waals surface area contributed by atoms with Gasteiger partial charge in [-0.2, -0.15) is 5.10 Å². The molecule has 0 spiro atoms. The molecule has 178 valence electrons. The molecule has 3 aromatic rings. The van der Waals surface area contributed by atoms with Crippen LogP contribution in [0.1, 0.15) is 55.9 Å². The summed E-state index contributed by atoms with van der Waals surface area (Å²) in [6.45, 7) is 1.53. The Morgan fingerprint density at radius 3 is 2.50 bits per heavy atom. The zero-order valence-corrected chi connectivity index (χ0v) is 18.8. The highest BCUT2D eigenvalue weighted by Gasteiger charge is 2.27. The summed E-state index contributed by atoms with van der Waals surface area (Å²) >= 11 is 0. The molecular weight excluding hydrogens is 439 g/mol. The molecule has 0 aromatic carbocycles. The van der Waals surface area contributed by atoms with Gasteiger partial charge in [0, 0.05) is 37.3 Å². The molecule has 10 nitrogen and oxygen atoms in total. The number of carbonyl (C=O) groups is 2. The maximum Gasteiger partial charge on any atom is 0.276 e. The van der Waals surface area contributed by atoms with Crippen LogP contribution in [-0.4, -0.2) is 49.5 Å². The van der Waals surface area contributed by atoms with Crippen molar-refractivity contribution in [2.45, 2.75) is 63.6 Å². The van der Waals surface area contributed by atoms with Gasteiger partial charge in [0.2, 0.25) is 5.91 Å². The van der Waals surface area contributed by atoms with Gasteiger partial charge in [0.05, 0.1) is 11.9 Å². The third-order valence-electron chi connectivity index (χ3n) is 6.12. The van der Waals surface area contributed by atoms with E-state index in [0.29, 0.717) is 11.5 Å². The lowest BCUT2D eigenvalue weighted by Crippen LogP contribution is -2.39. The molecule has 0 aliphatic heterocycles. The Labute approximate surface area is 195 Å². The Kier molecular flexibility index (Phi) is 5.99. The number of amides is 2. The maximum atomic E-state index is 15.3. The molecule has 11 heteroatoms. The summed E-state index contributed by atoms with van der Waals surface area (Å²) in [5.74, 6) is -0.545. The van der Waals surface area contributed by atoms with Crippen LogP contribution < -0.4 is 21.3 Å². The van der Waals surface area contributed by atoms with Crippen molar-refractivity contribution < 1.29 is 14.0 Å². The van der Waals surface area contributed by atoms with E-state index in [1.54, 1.807) is 18.3 Å². The van der Waals surface area contributed by atoms with Crippen LogP contribution >= 0.6 is 0 Å². The molecule has 0 unspecified atom stereocenters. The fraction of sp³-hybridized carbons (Fsp3) is 0.435. The minimum absolute atomic E-state index is 0.0195. The van der Waals surface area contributed by atoms with Crippen molar-refractivity contribution in [3.63, 3.8) is 0 Å². The quantitative estimate of drug-likeness (QED) is 0.422. The van der Waals surface area contributed by atoms with Gasteiger partial charge in [0.1, 0.15) is 5.82 Å². The third-order valence-corrected chi connectivity index (χ3v) is 6.12. The molecule has 34 heavy (non-hydrogen) atoms. The third kappa shape index (κ3) is 4.92. The first-order valence-electron chi connectivity index (χ1n) is 11.6. The average molecular weight is 467 g/mol. The standard InChI is InChI=1S/C23H27FN8O2/c1-13(33)27-14-4-6-15(7-5-14)28-19-11-17(21(24)22(31-19)29-16-8-9-16)30-23(34)18-12-25-20-3-2-10-26-32(18)20/h2-3,10-12,14-16H,4-9H2,1H3,(H,27,33)(H3,28,29,30,31,34). The summed E-state index contributed by atoms with van der Waals surface area (Å²) in [5.41, 5.74) is 0.758. The first-order valence-corrected chi connectivity index (χ1v) is 11.6. The van der Waals surface area contributed by atoms with E-state index >= 15 is 4.39 Å². The van der Waals surface area contributed by atoms with Crippen molar-refractivity contribution >= 4 is 34.8 Å². The number of hydrogen-bond donors (Lipinski definition) is 4. The molecule has 3 heterocycles. The van der Waals surface area contributed by atoms with Crippen molar-refractivity contribution in [2.75, 3.05) is 16.0 Å². The summed E-state index contributed by atoms with van der Waals surface area (Å²) in [6.07, 6.45) is 8.30. The van der Waals surface area contributed by atoms with Crippen LogP contribution in [0, 0.1) is 5.82 Å². The first kappa shape index (κ1) is 22.1. The number of hydrogen-bond acceptors (Lipinski definition) is 7. The number of carbonyl (C=O) groups excluding carboxylic acids is 2. The van der Waals surface area contributed by atoms with Crippen molar-refractivity contribution in [2.24, 2.45) is 0 Å². The molecule has 2 fully saturated rings. The average Bonchev–Trinajstić information content (AvgIpc) is 3.52. The van der Waals surface area contributed by atoms with Crippen molar-refractivity contribution in [1.82, 2.24) is 24.9 Å². The largest absolute Gasteiger partial charge is 0.367 e. The first-order chi connectivity index (χ1) is 16.5. The predicted molar refractivity (Wildman–Crippen MR) is 125 cm³/mol. The summed E-state index contributed by atoms with van der Waals surface area (Å²) in [6, 6.07) is 5.49. The van der Waals surface area contributed by atoms with E-state index < -0.39 is 11.7 Å². The van der Waals surface area contributed by atoms with Gasteiger partial charge in [-0.1, -0.05) is 0 Å². The minimum Gasteiger partial charge on any atom is -0.367 e. The van der Waals surface area contributed by atoms with Gasteiger partial charge in [-0.15, -0.1) is 0 Å². The fourth-order valence-electron chi connectivity index (χ4n) is 4.26. The second-order valence-corrected chi connectivity index (χ2v) is 8.92. The lowest BCUT2D eigenvalue weighted by Gasteiger charge is -2.30. The molecule has 2 aliphatic carbocycles. The Morgan fingerprint density at radius 1 is 1.06 bits per heavy atom. The van der Waals surface area contributed by atoms with E-state index in [0.717, 1.165) is 38.5 Å². The van der Waals surface area contributed by atoms with Gasteiger partial charge in [0.15, 0.2) is 23.0 Å². The molecule has 0 radical (unpaired) electrons. The van der Waals surface area contributed by atoms with E-state index in [2.05, 4.69) is 36.3 Å². The number of nitrogens with zero attached hydrogens (tertiary/aromatic N) is 4. The number of anilines is 3. The number of fused-ring (bicyclic) bond motifs is 1. The summed E-state index contributed by atoms with van der Waals surface area (Å²) in [5, 5.41) is 16.3. The van der Waals surface area contributed by atoms with Crippen LogP contribution in [0.3, 0.4) is 0 Å². The highest BCUT2D eigenvalue weighted by atomic mass is 19.1. The van der Waals surface area contributed by atoms with Crippen molar-refractivity contribution in [1.29, 1.82) is 0 Å². The number of rotatable bonds is 7. The van der Waals surface area contributed by atoms with Crippen molar-refractivity contribution in [3.05, 3.63) is 42.1 Å². The predicted octanol–water partition coefficient (Wildman–Crippen LogP) is 2.95. The van der Waals surface area contributed by atoms with Gasteiger partial charge < -0.3 is 21.3 Å². The second kappa shape index (κ2) is 9.24. The van der Waals surface area contributed by atoms with E-state index in [1.165, 1.54) is 23.7 Å². The Hall–Kier alpha value is -3.76. The van der Waals surface area contributed by atoms with Crippen LogP contribution in [0.25, 0.3) is 5.65 Å². The molecule has 0 atom stereocenters. The molecule has 4 N–H and O–H groups in total. The van der Waals surface area contributed by atoms with E-state index in [1.807, 2.05) is 0 Å². The molecule has 2 aliphatic rings.